The average Bonchev–Trinajstić information content (AvgIpc) is 3.11. The third kappa shape index (κ3) is 3.69. The van der Waals surface area contributed by atoms with Crippen molar-refractivity contribution in [2.75, 3.05) is 11.9 Å². The van der Waals surface area contributed by atoms with E-state index in [1.54, 1.807) is 42.5 Å². The molecule has 0 atom stereocenters. The van der Waals surface area contributed by atoms with Crippen LogP contribution in [0, 0.1) is 5.82 Å². The topological polar surface area (TPSA) is 75.6 Å². The number of hydrogen-bond acceptors (Lipinski definition) is 3. The maximum atomic E-state index is 14.4. The Morgan fingerprint density at radius 3 is 2.54 bits per heavy atom. The normalized spacial score (nSPS) is 15.4. The first kappa shape index (κ1) is 17.9. The van der Waals surface area contributed by atoms with Crippen molar-refractivity contribution in [2.24, 2.45) is 0 Å². The third-order valence-corrected chi connectivity index (χ3v) is 4.74. The maximum absolute atomic E-state index is 14.4. The minimum atomic E-state index is -1.08. The summed E-state index contributed by atoms with van der Waals surface area (Å²) in [6.07, 6.45) is 2.91. The number of amides is 1. The lowest BCUT2D eigenvalue weighted by Gasteiger charge is -2.28. The molecule has 0 spiro atoms. The molecule has 1 aliphatic rings. The van der Waals surface area contributed by atoms with Crippen LogP contribution in [0.2, 0.25) is 0 Å². The molecule has 0 unspecified atom stereocenters. The summed E-state index contributed by atoms with van der Waals surface area (Å²) in [5.74, 6) is -1.36. The summed E-state index contributed by atoms with van der Waals surface area (Å²) >= 11 is 0. The largest absolute Gasteiger partial charge is 0.482 e. The van der Waals surface area contributed by atoms with Crippen LogP contribution in [0.5, 0.6) is 5.75 Å². The maximum Gasteiger partial charge on any atom is 0.341 e. The Balaban J connectivity index is 1.83. The van der Waals surface area contributed by atoms with Gasteiger partial charge in [-0.05, 0) is 31.0 Å². The predicted molar refractivity (Wildman–Crippen MR) is 94.7 cm³/mol. The molecule has 0 bridgehead atoms. The van der Waals surface area contributed by atoms with E-state index in [-0.39, 0.29) is 11.7 Å². The van der Waals surface area contributed by atoms with Crippen molar-refractivity contribution in [3.05, 3.63) is 59.9 Å². The molecule has 2 aromatic rings. The first-order valence-electron chi connectivity index (χ1n) is 8.52. The van der Waals surface area contributed by atoms with Crippen molar-refractivity contribution in [3.8, 4) is 5.75 Å². The lowest BCUT2D eigenvalue weighted by molar-refractivity contribution is -0.139. The first-order valence-corrected chi connectivity index (χ1v) is 8.52. The lowest BCUT2D eigenvalue weighted by atomic mass is 9.77. The number of carboxylic acids is 1. The number of carbonyl (C=O) groups is 2. The van der Waals surface area contributed by atoms with E-state index in [1.165, 1.54) is 6.07 Å². The van der Waals surface area contributed by atoms with Crippen LogP contribution in [-0.2, 0) is 15.0 Å². The number of ether oxygens (including phenoxy) is 1. The Morgan fingerprint density at radius 2 is 1.85 bits per heavy atom. The summed E-state index contributed by atoms with van der Waals surface area (Å²) in [7, 11) is 0. The molecule has 0 aromatic heterocycles. The number of benzene rings is 2. The van der Waals surface area contributed by atoms with Gasteiger partial charge in [0.05, 0.1) is 5.41 Å². The van der Waals surface area contributed by atoms with Crippen molar-refractivity contribution < 1.29 is 23.8 Å². The smallest absolute Gasteiger partial charge is 0.341 e. The Morgan fingerprint density at radius 1 is 1.12 bits per heavy atom. The van der Waals surface area contributed by atoms with Gasteiger partial charge in [-0.2, -0.15) is 0 Å². The van der Waals surface area contributed by atoms with Crippen molar-refractivity contribution in [3.63, 3.8) is 0 Å². The van der Waals surface area contributed by atoms with Gasteiger partial charge in [0, 0.05) is 17.3 Å². The van der Waals surface area contributed by atoms with Crippen LogP contribution in [0.1, 0.15) is 31.2 Å². The van der Waals surface area contributed by atoms with Crippen LogP contribution < -0.4 is 10.1 Å². The third-order valence-electron chi connectivity index (χ3n) is 4.74. The van der Waals surface area contributed by atoms with Gasteiger partial charge in [-0.25, -0.2) is 9.18 Å². The molecular formula is C20H20FNO4. The number of anilines is 1. The molecule has 26 heavy (non-hydrogen) atoms. The van der Waals surface area contributed by atoms with Crippen molar-refractivity contribution >= 4 is 17.6 Å². The van der Waals surface area contributed by atoms with E-state index in [9.17, 15) is 14.0 Å². The molecule has 0 radical (unpaired) electrons. The second-order valence-electron chi connectivity index (χ2n) is 6.43. The molecule has 0 saturated heterocycles. The highest BCUT2D eigenvalue weighted by Gasteiger charge is 2.44. The molecule has 1 saturated carbocycles. The SMILES string of the molecule is O=C(O)COc1cccc(NC(=O)C2(c3ccccc3F)CCCC2)c1. The molecule has 1 amide bonds. The molecule has 2 N–H and O–H groups in total. The minimum Gasteiger partial charge on any atom is -0.482 e. The fourth-order valence-electron chi connectivity index (χ4n) is 3.51. The van der Waals surface area contributed by atoms with E-state index in [0.717, 1.165) is 12.8 Å². The molecule has 2 aromatic carbocycles. The van der Waals surface area contributed by atoms with E-state index in [0.29, 0.717) is 29.8 Å². The van der Waals surface area contributed by atoms with Crippen LogP contribution in [-0.4, -0.2) is 23.6 Å². The highest BCUT2D eigenvalue weighted by molar-refractivity contribution is 5.99. The van der Waals surface area contributed by atoms with Crippen LogP contribution in [0.3, 0.4) is 0 Å². The van der Waals surface area contributed by atoms with Crippen molar-refractivity contribution in [1.82, 2.24) is 0 Å². The van der Waals surface area contributed by atoms with Crippen LogP contribution in [0.25, 0.3) is 0 Å². The van der Waals surface area contributed by atoms with E-state index in [4.69, 9.17) is 9.84 Å². The number of rotatable bonds is 6. The predicted octanol–water partition coefficient (Wildman–Crippen LogP) is 3.74. The van der Waals surface area contributed by atoms with E-state index in [1.807, 2.05) is 0 Å². The Hall–Kier alpha value is -2.89. The monoisotopic (exact) mass is 357 g/mol. The van der Waals surface area contributed by atoms with Crippen molar-refractivity contribution in [1.29, 1.82) is 0 Å². The van der Waals surface area contributed by atoms with E-state index >= 15 is 0 Å². The van der Waals surface area contributed by atoms with Gasteiger partial charge in [-0.3, -0.25) is 4.79 Å². The molecule has 0 heterocycles. The zero-order chi connectivity index (χ0) is 18.6. The van der Waals surface area contributed by atoms with Gasteiger partial charge in [0.1, 0.15) is 11.6 Å². The lowest BCUT2D eigenvalue weighted by Crippen LogP contribution is -2.38. The van der Waals surface area contributed by atoms with Gasteiger partial charge in [0.25, 0.3) is 0 Å². The molecular weight excluding hydrogens is 337 g/mol. The fraction of sp³-hybridized carbons (Fsp3) is 0.300. The van der Waals surface area contributed by atoms with Crippen LogP contribution in [0.4, 0.5) is 10.1 Å². The number of nitrogens with one attached hydrogen (secondary N) is 1. The molecule has 136 valence electrons. The second-order valence-corrected chi connectivity index (χ2v) is 6.43. The number of hydrogen-bond donors (Lipinski definition) is 2. The Kier molecular flexibility index (Phi) is 5.21. The van der Waals surface area contributed by atoms with Gasteiger partial charge in [0.2, 0.25) is 5.91 Å². The summed E-state index contributed by atoms with van der Waals surface area (Å²) in [5.41, 5.74) is 0.0253. The average molecular weight is 357 g/mol. The number of carbonyl (C=O) groups excluding carboxylic acids is 1. The summed E-state index contributed by atoms with van der Waals surface area (Å²) in [5, 5.41) is 11.5. The molecule has 6 heteroatoms. The first-order chi connectivity index (χ1) is 12.5. The molecule has 3 rings (SSSR count). The second kappa shape index (κ2) is 7.56. The van der Waals surface area contributed by atoms with Crippen molar-refractivity contribution in [2.45, 2.75) is 31.1 Å². The van der Waals surface area contributed by atoms with Gasteiger partial charge in [-0.1, -0.05) is 37.1 Å². The van der Waals surface area contributed by atoms with Gasteiger partial charge in [-0.15, -0.1) is 0 Å². The van der Waals surface area contributed by atoms with E-state index in [2.05, 4.69) is 5.32 Å². The molecule has 5 nitrogen and oxygen atoms in total. The highest BCUT2D eigenvalue weighted by Crippen LogP contribution is 2.43. The van der Waals surface area contributed by atoms with Crippen LogP contribution in [0.15, 0.2) is 48.5 Å². The standard InChI is InChI=1S/C20H20FNO4/c21-17-9-2-1-8-16(17)20(10-3-4-11-20)19(25)22-14-6-5-7-15(12-14)26-13-18(23)24/h1-2,5-9,12H,3-4,10-11,13H2,(H,22,25)(H,23,24). The minimum absolute atomic E-state index is 0.254. The summed E-state index contributed by atoms with van der Waals surface area (Å²) < 4.78 is 19.5. The highest BCUT2D eigenvalue weighted by atomic mass is 19.1. The number of halogens is 1. The van der Waals surface area contributed by atoms with Gasteiger partial charge >= 0.3 is 5.97 Å². The Bertz CT molecular complexity index is 815. The quantitative estimate of drug-likeness (QED) is 0.826. The summed E-state index contributed by atoms with van der Waals surface area (Å²) in [4.78, 5) is 23.7. The van der Waals surface area contributed by atoms with Gasteiger partial charge in [0.15, 0.2) is 6.61 Å². The van der Waals surface area contributed by atoms with Crippen LogP contribution >= 0.6 is 0 Å². The molecule has 0 aliphatic heterocycles. The zero-order valence-electron chi connectivity index (χ0n) is 14.2. The molecule has 1 fully saturated rings. The number of carboxylic acid groups (broad SMARTS) is 1. The Labute approximate surface area is 150 Å². The summed E-state index contributed by atoms with van der Waals surface area (Å²) in [6.45, 7) is -0.462. The molecule has 1 aliphatic carbocycles. The van der Waals surface area contributed by atoms with Gasteiger partial charge < -0.3 is 15.2 Å². The number of aliphatic carboxylic acids is 1. The zero-order valence-corrected chi connectivity index (χ0v) is 14.2. The fourth-order valence-corrected chi connectivity index (χ4v) is 3.51. The summed E-state index contributed by atoms with van der Waals surface area (Å²) in [6, 6.07) is 12.9. The van der Waals surface area contributed by atoms with E-state index < -0.39 is 18.0 Å².